The van der Waals surface area contributed by atoms with E-state index in [-0.39, 0.29) is 0 Å². The maximum Gasteiger partial charge on any atom is 0.127 e. The molecule has 92 valence electrons. The van der Waals surface area contributed by atoms with Crippen molar-refractivity contribution in [1.29, 1.82) is 0 Å². The van der Waals surface area contributed by atoms with Crippen LogP contribution < -0.4 is 14.8 Å². The number of hydrogen-bond acceptors (Lipinski definition) is 3. The minimum absolute atomic E-state index is 0.303. The summed E-state index contributed by atoms with van der Waals surface area (Å²) in [4.78, 5) is 0. The first kappa shape index (κ1) is 12.0. The van der Waals surface area contributed by atoms with Crippen molar-refractivity contribution >= 4 is 0 Å². The van der Waals surface area contributed by atoms with Crippen molar-refractivity contribution in [2.24, 2.45) is 0 Å². The van der Waals surface area contributed by atoms with Crippen molar-refractivity contribution < 1.29 is 9.47 Å². The number of benzene rings is 1. The van der Waals surface area contributed by atoms with Crippen molar-refractivity contribution in [3.05, 3.63) is 35.4 Å². The number of rotatable bonds is 4. The predicted molar refractivity (Wildman–Crippen MR) is 68.7 cm³/mol. The number of likely N-dealkylation sites (N-methyl/N-ethyl adjacent to an activating group) is 1. The summed E-state index contributed by atoms with van der Waals surface area (Å²) in [6.45, 7) is 5.43. The minimum atomic E-state index is 0.303. The normalized spacial score (nSPS) is 17.2. The van der Waals surface area contributed by atoms with E-state index in [2.05, 4.69) is 31.3 Å². The lowest BCUT2D eigenvalue weighted by atomic mass is 10.1. The van der Waals surface area contributed by atoms with Gasteiger partial charge in [-0.1, -0.05) is 5.57 Å². The Morgan fingerprint density at radius 3 is 3.06 bits per heavy atom. The highest BCUT2D eigenvalue weighted by molar-refractivity contribution is 5.45. The average molecular weight is 233 g/mol. The first-order chi connectivity index (χ1) is 8.20. The second-order valence-corrected chi connectivity index (χ2v) is 4.44. The first-order valence-electron chi connectivity index (χ1n) is 5.91. The molecular formula is C14H19NO2. The molecule has 0 bridgehead atoms. The Bertz CT molecular complexity index is 422. The molecule has 17 heavy (non-hydrogen) atoms. The van der Waals surface area contributed by atoms with Crippen LogP contribution in [0.4, 0.5) is 0 Å². The largest absolute Gasteiger partial charge is 0.491 e. The fraction of sp³-hybridized carbons (Fsp3) is 0.429. The lowest BCUT2D eigenvalue weighted by Gasteiger charge is -2.07. The quantitative estimate of drug-likeness (QED) is 0.811. The Labute approximate surface area is 102 Å². The minimum Gasteiger partial charge on any atom is -0.491 e. The van der Waals surface area contributed by atoms with Crippen LogP contribution in [0.25, 0.3) is 0 Å². The van der Waals surface area contributed by atoms with E-state index in [1.165, 1.54) is 11.1 Å². The third kappa shape index (κ3) is 2.80. The lowest BCUT2D eigenvalue weighted by Crippen LogP contribution is -2.17. The molecule has 3 nitrogen and oxygen atoms in total. The number of ether oxygens (including phenoxy) is 2. The zero-order chi connectivity index (χ0) is 12.3. The standard InChI is InChI=1S/C14H19NO2/c1-10(2)6-7-16-11-4-5-12-13(15-3)9-17-14(12)8-11/h4-6,8,13,15H,7,9H2,1-3H3. The average Bonchev–Trinajstić information content (AvgIpc) is 2.70. The van der Waals surface area contributed by atoms with Gasteiger partial charge in [-0.05, 0) is 39.1 Å². The summed E-state index contributed by atoms with van der Waals surface area (Å²) in [6, 6.07) is 6.33. The van der Waals surface area contributed by atoms with Crippen LogP contribution in [0.2, 0.25) is 0 Å². The van der Waals surface area contributed by atoms with E-state index < -0.39 is 0 Å². The van der Waals surface area contributed by atoms with Crippen molar-refractivity contribution in [2.75, 3.05) is 20.3 Å². The molecule has 1 aliphatic rings. The van der Waals surface area contributed by atoms with Crippen LogP contribution in [0.3, 0.4) is 0 Å². The van der Waals surface area contributed by atoms with Crippen LogP contribution in [0.1, 0.15) is 25.5 Å². The van der Waals surface area contributed by atoms with Crippen molar-refractivity contribution in [3.8, 4) is 11.5 Å². The smallest absolute Gasteiger partial charge is 0.127 e. The van der Waals surface area contributed by atoms with Gasteiger partial charge in [0.15, 0.2) is 0 Å². The molecule has 1 aliphatic heterocycles. The molecule has 1 aromatic rings. The first-order valence-corrected chi connectivity index (χ1v) is 5.91. The van der Waals surface area contributed by atoms with Crippen molar-refractivity contribution in [2.45, 2.75) is 19.9 Å². The van der Waals surface area contributed by atoms with E-state index in [9.17, 15) is 0 Å². The van der Waals surface area contributed by atoms with E-state index in [0.29, 0.717) is 19.3 Å². The highest BCUT2D eigenvalue weighted by Crippen LogP contribution is 2.34. The Kier molecular flexibility index (Phi) is 3.69. The number of fused-ring (bicyclic) bond motifs is 1. The van der Waals surface area contributed by atoms with Crippen LogP contribution in [0, 0.1) is 0 Å². The molecule has 2 rings (SSSR count). The van der Waals surface area contributed by atoms with Gasteiger partial charge in [0.05, 0.1) is 6.04 Å². The molecule has 1 aromatic carbocycles. The van der Waals surface area contributed by atoms with Gasteiger partial charge < -0.3 is 14.8 Å². The zero-order valence-corrected chi connectivity index (χ0v) is 10.6. The summed E-state index contributed by atoms with van der Waals surface area (Å²) < 4.78 is 11.2. The molecule has 0 spiro atoms. The highest BCUT2D eigenvalue weighted by atomic mass is 16.5. The fourth-order valence-electron chi connectivity index (χ4n) is 1.82. The monoisotopic (exact) mass is 233 g/mol. The van der Waals surface area contributed by atoms with E-state index in [0.717, 1.165) is 11.5 Å². The van der Waals surface area contributed by atoms with Crippen molar-refractivity contribution in [3.63, 3.8) is 0 Å². The summed E-state index contributed by atoms with van der Waals surface area (Å²) in [5.41, 5.74) is 2.47. The Morgan fingerprint density at radius 2 is 2.35 bits per heavy atom. The number of hydrogen-bond donors (Lipinski definition) is 1. The molecule has 0 aliphatic carbocycles. The molecule has 0 fully saturated rings. The van der Waals surface area contributed by atoms with E-state index in [1.807, 2.05) is 19.2 Å². The van der Waals surface area contributed by atoms with Gasteiger partial charge in [-0.15, -0.1) is 0 Å². The van der Waals surface area contributed by atoms with Crippen LogP contribution in [0.5, 0.6) is 11.5 Å². The van der Waals surface area contributed by atoms with Gasteiger partial charge in [-0.2, -0.15) is 0 Å². The molecule has 0 saturated carbocycles. The molecular weight excluding hydrogens is 214 g/mol. The number of nitrogens with one attached hydrogen (secondary N) is 1. The van der Waals surface area contributed by atoms with Gasteiger partial charge in [-0.3, -0.25) is 0 Å². The van der Waals surface area contributed by atoms with E-state index >= 15 is 0 Å². The zero-order valence-electron chi connectivity index (χ0n) is 10.6. The van der Waals surface area contributed by atoms with Crippen LogP contribution in [-0.4, -0.2) is 20.3 Å². The Hall–Kier alpha value is -1.48. The second-order valence-electron chi connectivity index (χ2n) is 4.44. The molecule has 1 N–H and O–H groups in total. The van der Waals surface area contributed by atoms with Gasteiger partial charge >= 0.3 is 0 Å². The molecule has 0 radical (unpaired) electrons. The second kappa shape index (κ2) is 5.23. The molecule has 3 heteroatoms. The summed E-state index contributed by atoms with van der Waals surface area (Å²) >= 11 is 0. The van der Waals surface area contributed by atoms with Gasteiger partial charge in [0.2, 0.25) is 0 Å². The van der Waals surface area contributed by atoms with Crippen LogP contribution in [-0.2, 0) is 0 Å². The summed E-state index contributed by atoms with van der Waals surface area (Å²) in [5.74, 6) is 1.79. The molecule has 0 aromatic heterocycles. The van der Waals surface area contributed by atoms with Gasteiger partial charge in [0, 0.05) is 11.6 Å². The van der Waals surface area contributed by atoms with Gasteiger partial charge in [-0.25, -0.2) is 0 Å². The van der Waals surface area contributed by atoms with Gasteiger partial charge in [0.1, 0.15) is 24.7 Å². The molecule has 1 heterocycles. The molecule has 1 atom stereocenters. The highest BCUT2D eigenvalue weighted by Gasteiger charge is 2.22. The maximum atomic E-state index is 5.63. The summed E-state index contributed by atoms with van der Waals surface area (Å²) in [7, 11) is 1.95. The van der Waals surface area contributed by atoms with E-state index in [1.54, 1.807) is 0 Å². The van der Waals surface area contributed by atoms with E-state index in [4.69, 9.17) is 9.47 Å². The van der Waals surface area contributed by atoms with Gasteiger partial charge in [0.25, 0.3) is 0 Å². The molecule has 0 saturated heterocycles. The van der Waals surface area contributed by atoms with Crippen LogP contribution in [0.15, 0.2) is 29.8 Å². The summed E-state index contributed by atoms with van der Waals surface area (Å²) in [5, 5.41) is 3.22. The fourth-order valence-corrected chi connectivity index (χ4v) is 1.82. The topological polar surface area (TPSA) is 30.5 Å². The molecule has 0 amide bonds. The SMILES string of the molecule is CNC1COc2cc(OCC=C(C)C)ccc21. The summed E-state index contributed by atoms with van der Waals surface area (Å²) in [6.07, 6.45) is 2.06. The Balaban J connectivity index is 2.05. The third-order valence-electron chi connectivity index (χ3n) is 2.86. The predicted octanol–water partition coefficient (Wildman–Crippen LogP) is 2.68. The lowest BCUT2D eigenvalue weighted by molar-refractivity contribution is 0.315. The number of allylic oxidation sites excluding steroid dienone is 1. The third-order valence-corrected chi connectivity index (χ3v) is 2.86. The van der Waals surface area contributed by atoms with Crippen molar-refractivity contribution in [1.82, 2.24) is 5.32 Å². The van der Waals surface area contributed by atoms with Crippen LogP contribution >= 0.6 is 0 Å². The maximum absolute atomic E-state index is 5.63. The molecule has 1 unspecified atom stereocenters. The Morgan fingerprint density at radius 1 is 1.53 bits per heavy atom.